The molecule has 0 spiro atoms. The first kappa shape index (κ1) is 22.9. The molecule has 160 valence electrons. The zero-order valence-corrected chi connectivity index (χ0v) is 18.6. The van der Waals surface area contributed by atoms with Gasteiger partial charge in [0.1, 0.15) is 0 Å². The van der Waals surface area contributed by atoms with E-state index in [2.05, 4.69) is 10.6 Å². The summed E-state index contributed by atoms with van der Waals surface area (Å²) >= 11 is 12.9. The lowest BCUT2D eigenvalue weighted by molar-refractivity contribution is -0.122. The van der Waals surface area contributed by atoms with Crippen LogP contribution in [-0.2, 0) is 9.59 Å². The van der Waals surface area contributed by atoms with Gasteiger partial charge in [0.2, 0.25) is 5.91 Å². The molecule has 0 radical (unpaired) electrons. The number of amides is 4. The van der Waals surface area contributed by atoms with Crippen LogP contribution in [0.15, 0.2) is 47.4 Å². The van der Waals surface area contributed by atoms with Gasteiger partial charge in [-0.1, -0.05) is 35.3 Å². The highest BCUT2D eigenvalue weighted by molar-refractivity contribution is 8.18. The maximum atomic E-state index is 12.6. The van der Waals surface area contributed by atoms with Crippen LogP contribution in [0.4, 0.5) is 10.5 Å². The second-order valence-electron chi connectivity index (χ2n) is 6.49. The fraction of sp³-hybridized carbons (Fsp3) is 0.143. The average molecular weight is 478 g/mol. The Morgan fingerprint density at radius 3 is 2.48 bits per heavy atom. The van der Waals surface area contributed by atoms with Gasteiger partial charge in [-0.3, -0.25) is 24.1 Å². The van der Waals surface area contributed by atoms with Crippen LogP contribution in [-0.4, -0.2) is 41.0 Å². The number of rotatable bonds is 6. The van der Waals surface area contributed by atoms with E-state index in [0.29, 0.717) is 26.9 Å². The number of anilines is 1. The quantitative estimate of drug-likeness (QED) is 0.600. The zero-order chi connectivity index (χ0) is 22.5. The summed E-state index contributed by atoms with van der Waals surface area (Å²) in [6.07, 6.45) is 1.52. The minimum atomic E-state index is -0.458. The normalized spacial score (nSPS) is 14.8. The monoisotopic (exact) mass is 477 g/mol. The third-order valence-corrected chi connectivity index (χ3v) is 5.97. The molecule has 1 aliphatic rings. The summed E-state index contributed by atoms with van der Waals surface area (Å²) in [6, 6.07) is 11.4. The molecule has 1 fully saturated rings. The van der Waals surface area contributed by atoms with E-state index in [0.717, 1.165) is 16.7 Å². The number of imide groups is 1. The standard InChI is InChI=1S/C21H17Cl2N3O4S/c1-12(27)25-15-7-5-13(6-8-15)19(28)24-9-10-26-20(29)17(31-21(26)30)11-14-3-2-4-16(22)18(14)23/h2-8,11H,9-10H2,1H3,(H,24,28)(H,25,27)/b17-11-. The fourth-order valence-electron chi connectivity index (χ4n) is 2.76. The van der Waals surface area contributed by atoms with Gasteiger partial charge in [0.25, 0.3) is 17.1 Å². The highest BCUT2D eigenvalue weighted by Crippen LogP contribution is 2.34. The first-order chi connectivity index (χ1) is 14.8. The second kappa shape index (κ2) is 10.00. The predicted molar refractivity (Wildman–Crippen MR) is 122 cm³/mol. The van der Waals surface area contributed by atoms with Crippen molar-refractivity contribution >= 4 is 69.7 Å². The van der Waals surface area contributed by atoms with Gasteiger partial charge in [-0.2, -0.15) is 0 Å². The van der Waals surface area contributed by atoms with Crippen molar-refractivity contribution in [2.24, 2.45) is 0 Å². The molecular formula is C21H17Cl2N3O4S. The van der Waals surface area contributed by atoms with Crippen LogP contribution < -0.4 is 10.6 Å². The maximum Gasteiger partial charge on any atom is 0.293 e. The van der Waals surface area contributed by atoms with Gasteiger partial charge in [0, 0.05) is 31.3 Å². The highest BCUT2D eigenvalue weighted by atomic mass is 35.5. The lowest BCUT2D eigenvalue weighted by atomic mass is 10.2. The summed E-state index contributed by atoms with van der Waals surface area (Å²) in [5.74, 6) is -1.02. The predicted octanol–water partition coefficient (Wildman–Crippen LogP) is 4.42. The maximum absolute atomic E-state index is 12.6. The molecule has 0 aliphatic carbocycles. The Morgan fingerprint density at radius 2 is 1.81 bits per heavy atom. The lowest BCUT2D eigenvalue weighted by Crippen LogP contribution is -2.37. The number of hydrogen-bond donors (Lipinski definition) is 2. The molecule has 2 N–H and O–H groups in total. The van der Waals surface area contributed by atoms with Crippen molar-refractivity contribution in [3.8, 4) is 0 Å². The summed E-state index contributed by atoms with van der Waals surface area (Å²) in [5.41, 5.74) is 1.50. The molecule has 31 heavy (non-hydrogen) atoms. The third-order valence-electron chi connectivity index (χ3n) is 4.23. The molecule has 10 heteroatoms. The number of hydrogen-bond acceptors (Lipinski definition) is 5. The Kier molecular flexibility index (Phi) is 7.37. The molecule has 7 nitrogen and oxygen atoms in total. The van der Waals surface area contributed by atoms with Crippen LogP contribution in [0, 0.1) is 0 Å². The smallest absolute Gasteiger partial charge is 0.293 e. The molecule has 0 unspecified atom stereocenters. The second-order valence-corrected chi connectivity index (χ2v) is 8.27. The van der Waals surface area contributed by atoms with E-state index in [-0.39, 0.29) is 29.8 Å². The van der Waals surface area contributed by atoms with Gasteiger partial charge >= 0.3 is 0 Å². The summed E-state index contributed by atoms with van der Waals surface area (Å²) in [4.78, 5) is 49.4. The third kappa shape index (κ3) is 5.66. The number of halogens is 2. The summed E-state index contributed by atoms with van der Waals surface area (Å²) in [7, 11) is 0. The van der Waals surface area contributed by atoms with E-state index in [9.17, 15) is 19.2 Å². The van der Waals surface area contributed by atoms with Crippen LogP contribution in [0.25, 0.3) is 6.08 Å². The van der Waals surface area contributed by atoms with Crippen LogP contribution in [0.3, 0.4) is 0 Å². The van der Waals surface area contributed by atoms with Gasteiger partial charge in [0.15, 0.2) is 0 Å². The highest BCUT2D eigenvalue weighted by Gasteiger charge is 2.34. The topological polar surface area (TPSA) is 95.6 Å². The molecule has 0 aromatic heterocycles. The molecule has 3 rings (SSSR count). The fourth-order valence-corrected chi connectivity index (χ4v) is 3.98. The van der Waals surface area contributed by atoms with E-state index < -0.39 is 11.1 Å². The van der Waals surface area contributed by atoms with E-state index in [1.807, 2.05) is 0 Å². The number of carbonyl (C=O) groups excluding carboxylic acids is 4. The molecule has 1 aliphatic heterocycles. The van der Waals surface area contributed by atoms with Crippen molar-refractivity contribution in [2.75, 3.05) is 18.4 Å². The number of thioether (sulfide) groups is 1. The van der Waals surface area contributed by atoms with Gasteiger partial charge in [0.05, 0.1) is 15.0 Å². The molecule has 0 bridgehead atoms. The zero-order valence-electron chi connectivity index (χ0n) is 16.3. The first-order valence-electron chi connectivity index (χ1n) is 9.11. The number of benzene rings is 2. The van der Waals surface area contributed by atoms with E-state index >= 15 is 0 Å². The minimum absolute atomic E-state index is 0.0288. The van der Waals surface area contributed by atoms with Gasteiger partial charge in [-0.25, -0.2) is 0 Å². The number of nitrogens with one attached hydrogen (secondary N) is 2. The minimum Gasteiger partial charge on any atom is -0.350 e. The first-order valence-corrected chi connectivity index (χ1v) is 10.7. The Bertz CT molecular complexity index is 1090. The molecule has 1 heterocycles. The molecule has 4 amide bonds. The Labute approximate surface area is 192 Å². The molecule has 2 aromatic carbocycles. The van der Waals surface area contributed by atoms with Gasteiger partial charge in [-0.05, 0) is 53.7 Å². The van der Waals surface area contributed by atoms with Crippen LogP contribution >= 0.6 is 35.0 Å². The molecule has 0 atom stereocenters. The van der Waals surface area contributed by atoms with Crippen LogP contribution in [0.1, 0.15) is 22.8 Å². The molecule has 1 saturated heterocycles. The van der Waals surface area contributed by atoms with E-state index in [1.165, 1.54) is 13.0 Å². The van der Waals surface area contributed by atoms with Crippen LogP contribution in [0.5, 0.6) is 0 Å². The summed E-state index contributed by atoms with van der Waals surface area (Å²) < 4.78 is 0. The molecule has 0 saturated carbocycles. The van der Waals surface area contributed by atoms with Crippen molar-refractivity contribution in [3.63, 3.8) is 0 Å². The lowest BCUT2D eigenvalue weighted by Gasteiger charge is -2.13. The average Bonchev–Trinajstić information content (AvgIpc) is 2.98. The summed E-state index contributed by atoms with van der Waals surface area (Å²) in [5, 5.41) is 5.50. The Balaban J connectivity index is 1.58. The van der Waals surface area contributed by atoms with Crippen molar-refractivity contribution < 1.29 is 19.2 Å². The molecule has 2 aromatic rings. The van der Waals surface area contributed by atoms with E-state index in [1.54, 1.807) is 42.5 Å². The van der Waals surface area contributed by atoms with Crippen molar-refractivity contribution in [1.29, 1.82) is 0 Å². The SMILES string of the molecule is CC(=O)Nc1ccc(C(=O)NCCN2C(=O)S/C(=C\c3cccc(Cl)c3Cl)C2=O)cc1. The molecular weight excluding hydrogens is 461 g/mol. The number of carbonyl (C=O) groups is 4. The number of nitrogens with zero attached hydrogens (tertiary/aromatic N) is 1. The van der Waals surface area contributed by atoms with Crippen molar-refractivity contribution in [1.82, 2.24) is 10.2 Å². The van der Waals surface area contributed by atoms with Crippen LogP contribution in [0.2, 0.25) is 10.0 Å². The van der Waals surface area contributed by atoms with E-state index in [4.69, 9.17) is 23.2 Å². The van der Waals surface area contributed by atoms with Crippen molar-refractivity contribution in [3.05, 3.63) is 68.5 Å². The van der Waals surface area contributed by atoms with Crippen molar-refractivity contribution in [2.45, 2.75) is 6.92 Å². The largest absolute Gasteiger partial charge is 0.350 e. The van der Waals surface area contributed by atoms with Gasteiger partial charge in [-0.15, -0.1) is 0 Å². The Morgan fingerprint density at radius 1 is 1.10 bits per heavy atom. The summed E-state index contributed by atoms with van der Waals surface area (Å²) in [6.45, 7) is 1.51. The van der Waals surface area contributed by atoms with Gasteiger partial charge < -0.3 is 10.6 Å². The Hall–Kier alpha value is -2.81.